The minimum atomic E-state index is -0.511. The third-order valence-electron chi connectivity index (χ3n) is 2.69. The van der Waals surface area contributed by atoms with Crippen molar-refractivity contribution >= 4 is 17.3 Å². The van der Waals surface area contributed by atoms with Crippen molar-refractivity contribution in [2.24, 2.45) is 11.6 Å². The van der Waals surface area contributed by atoms with Gasteiger partial charge in [-0.1, -0.05) is 19.1 Å². The van der Waals surface area contributed by atoms with Gasteiger partial charge in [-0.2, -0.15) is 0 Å². The predicted octanol–water partition coefficient (Wildman–Crippen LogP) is 0.188. The topological polar surface area (TPSA) is 128 Å². The van der Waals surface area contributed by atoms with E-state index in [9.17, 15) is 14.9 Å². The molecule has 104 valence electrons. The van der Waals surface area contributed by atoms with Crippen molar-refractivity contribution in [2.45, 2.75) is 13.5 Å². The molecule has 1 aromatic rings. The van der Waals surface area contributed by atoms with E-state index in [1.807, 2.05) is 6.92 Å². The zero-order valence-corrected chi connectivity index (χ0v) is 10.6. The lowest BCUT2D eigenvalue weighted by molar-refractivity contribution is -0.384. The molecule has 0 aliphatic carbocycles. The van der Waals surface area contributed by atoms with Gasteiger partial charge < -0.3 is 11.2 Å². The molecule has 5 N–H and O–H groups in total. The Kier molecular flexibility index (Phi) is 5.22. The number of anilines is 1. The van der Waals surface area contributed by atoms with Gasteiger partial charge in [-0.05, 0) is 12.1 Å². The molecule has 0 heterocycles. The van der Waals surface area contributed by atoms with Gasteiger partial charge in [0.15, 0.2) is 0 Å². The predicted molar refractivity (Wildman–Crippen MR) is 71.1 cm³/mol. The van der Waals surface area contributed by atoms with Gasteiger partial charge in [-0.3, -0.25) is 25.7 Å². The Morgan fingerprint density at radius 1 is 1.53 bits per heavy atom. The van der Waals surface area contributed by atoms with Crippen molar-refractivity contribution < 1.29 is 9.72 Å². The number of hydrogen-bond acceptors (Lipinski definition) is 6. The SMILES string of the molecule is CCN(CC(N)=O)Cc1cccc([N+](=O)[O-])c1NN. The van der Waals surface area contributed by atoms with Gasteiger partial charge in [0.05, 0.1) is 11.5 Å². The Morgan fingerprint density at radius 3 is 2.68 bits per heavy atom. The molecule has 0 unspecified atom stereocenters. The van der Waals surface area contributed by atoms with Crippen molar-refractivity contribution in [3.05, 3.63) is 33.9 Å². The van der Waals surface area contributed by atoms with E-state index in [2.05, 4.69) is 5.43 Å². The van der Waals surface area contributed by atoms with E-state index in [-0.39, 0.29) is 17.9 Å². The maximum atomic E-state index is 10.9. The van der Waals surface area contributed by atoms with Crippen molar-refractivity contribution in [2.75, 3.05) is 18.5 Å². The zero-order chi connectivity index (χ0) is 14.4. The summed E-state index contributed by atoms with van der Waals surface area (Å²) in [6.07, 6.45) is 0. The third kappa shape index (κ3) is 3.90. The molecule has 0 bridgehead atoms. The molecule has 0 saturated carbocycles. The van der Waals surface area contributed by atoms with Crippen LogP contribution in [0.4, 0.5) is 11.4 Å². The molecule has 19 heavy (non-hydrogen) atoms. The number of benzene rings is 1. The fourth-order valence-electron chi connectivity index (χ4n) is 1.78. The summed E-state index contributed by atoms with van der Waals surface area (Å²) in [6.45, 7) is 2.90. The highest BCUT2D eigenvalue weighted by molar-refractivity contribution is 5.76. The molecule has 1 aromatic carbocycles. The first-order chi connectivity index (χ1) is 8.99. The number of hydrogen-bond donors (Lipinski definition) is 3. The Balaban J connectivity index is 3.02. The maximum Gasteiger partial charge on any atom is 0.293 e. The average Bonchev–Trinajstić information content (AvgIpc) is 2.36. The second kappa shape index (κ2) is 6.66. The molecule has 8 heteroatoms. The van der Waals surface area contributed by atoms with Gasteiger partial charge in [0.1, 0.15) is 5.69 Å². The van der Waals surface area contributed by atoms with Gasteiger partial charge >= 0.3 is 0 Å². The van der Waals surface area contributed by atoms with Gasteiger partial charge in [-0.15, -0.1) is 0 Å². The molecule has 0 fully saturated rings. The highest BCUT2D eigenvalue weighted by Crippen LogP contribution is 2.28. The minimum absolute atomic E-state index is 0.0865. The lowest BCUT2D eigenvalue weighted by Crippen LogP contribution is -2.33. The lowest BCUT2D eigenvalue weighted by atomic mass is 10.1. The van der Waals surface area contributed by atoms with Crippen molar-refractivity contribution in [3.63, 3.8) is 0 Å². The Hall–Kier alpha value is -2.19. The molecule has 0 radical (unpaired) electrons. The van der Waals surface area contributed by atoms with Crippen molar-refractivity contribution in [3.8, 4) is 0 Å². The molecule has 0 saturated heterocycles. The van der Waals surface area contributed by atoms with E-state index in [1.54, 1.807) is 17.0 Å². The number of nitrogens with one attached hydrogen (secondary N) is 1. The largest absolute Gasteiger partial charge is 0.369 e. The number of nitro groups is 1. The summed E-state index contributed by atoms with van der Waals surface area (Å²) in [6, 6.07) is 4.65. The van der Waals surface area contributed by atoms with E-state index in [4.69, 9.17) is 11.6 Å². The average molecular weight is 267 g/mol. The summed E-state index contributed by atoms with van der Waals surface area (Å²) in [7, 11) is 0. The molecule has 0 atom stereocenters. The van der Waals surface area contributed by atoms with Crippen molar-refractivity contribution in [1.82, 2.24) is 4.90 Å². The van der Waals surface area contributed by atoms with Crippen LogP contribution in [0, 0.1) is 10.1 Å². The van der Waals surface area contributed by atoms with Gasteiger partial charge in [0.25, 0.3) is 5.69 Å². The Labute approximate surface area is 110 Å². The van der Waals surface area contributed by atoms with Crippen LogP contribution in [0.1, 0.15) is 12.5 Å². The number of hydrazine groups is 1. The van der Waals surface area contributed by atoms with Gasteiger partial charge in [-0.25, -0.2) is 0 Å². The molecule has 0 aliphatic rings. The summed E-state index contributed by atoms with van der Waals surface area (Å²) in [5.41, 5.74) is 8.27. The van der Waals surface area contributed by atoms with E-state index in [0.717, 1.165) is 0 Å². The maximum absolute atomic E-state index is 10.9. The van der Waals surface area contributed by atoms with E-state index in [0.29, 0.717) is 18.7 Å². The fourth-order valence-corrected chi connectivity index (χ4v) is 1.78. The molecule has 8 nitrogen and oxygen atoms in total. The van der Waals surface area contributed by atoms with Gasteiger partial charge in [0.2, 0.25) is 5.91 Å². The summed E-state index contributed by atoms with van der Waals surface area (Å²) in [4.78, 5) is 23.1. The first-order valence-electron chi connectivity index (χ1n) is 5.73. The summed E-state index contributed by atoms with van der Waals surface area (Å²) >= 11 is 0. The van der Waals surface area contributed by atoms with Crippen LogP contribution in [0.3, 0.4) is 0 Å². The second-order valence-electron chi connectivity index (χ2n) is 3.98. The number of nitrogen functional groups attached to an aromatic ring is 1. The highest BCUT2D eigenvalue weighted by Gasteiger charge is 2.18. The second-order valence-corrected chi connectivity index (χ2v) is 3.98. The number of carbonyl (C=O) groups is 1. The number of nitro benzene ring substituents is 1. The van der Waals surface area contributed by atoms with Crippen LogP contribution in [0.25, 0.3) is 0 Å². The minimum Gasteiger partial charge on any atom is -0.369 e. The number of nitrogens with two attached hydrogens (primary N) is 2. The van der Waals surface area contributed by atoms with Crippen LogP contribution in [0.2, 0.25) is 0 Å². The smallest absolute Gasteiger partial charge is 0.293 e. The van der Waals surface area contributed by atoms with Crippen LogP contribution in [0.5, 0.6) is 0 Å². The molecule has 1 amide bonds. The van der Waals surface area contributed by atoms with E-state index < -0.39 is 10.8 Å². The summed E-state index contributed by atoms with van der Waals surface area (Å²) < 4.78 is 0. The first-order valence-corrected chi connectivity index (χ1v) is 5.73. The van der Waals surface area contributed by atoms with Crippen molar-refractivity contribution in [1.29, 1.82) is 0 Å². The third-order valence-corrected chi connectivity index (χ3v) is 2.69. The van der Waals surface area contributed by atoms with Crippen LogP contribution in [-0.2, 0) is 11.3 Å². The van der Waals surface area contributed by atoms with Crippen LogP contribution in [-0.4, -0.2) is 28.8 Å². The normalized spacial score (nSPS) is 10.5. The number of rotatable bonds is 7. The van der Waals surface area contributed by atoms with Gasteiger partial charge in [0, 0.05) is 12.6 Å². The number of carbonyl (C=O) groups excluding carboxylic acids is 1. The quantitative estimate of drug-likeness (QED) is 0.367. The molecule has 0 aliphatic heterocycles. The summed E-state index contributed by atoms with van der Waals surface area (Å²) in [5.74, 6) is 4.89. The molecule has 0 aromatic heterocycles. The highest BCUT2D eigenvalue weighted by atomic mass is 16.6. The molecule has 0 spiro atoms. The number of likely N-dealkylation sites (N-methyl/N-ethyl adjacent to an activating group) is 1. The standard InChI is InChI=1S/C11H17N5O3/c1-2-15(7-10(12)17)6-8-4-3-5-9(16(18)19)11(8)14-13/h3-5,14H,2,6-7,13H2,1H3,(H2,12,17). The van der Waals surface area contributed by atoms with Crippen LogP contribution < -0.4 is 17.0 Å². The fraction of sp³-hybridized carbons (Fsp3) is 0.364. The number of primary amides is 1. The molecule has 1 rings (SSSR count). The zero-order valence-electron chi connectivity index (χ0n) is 10.6. The van der Waals surface area contributed by atoms with Crippen LogP contribution >= 0.6 is 0 Å². The number of nitrogens with zero attached hydrogens (tertiary/aromatic N) is 2. The number of amides is 1. The number of para-hydroxylation sites is 1. The summed E-state index contributed by atoms with van der Waals surface area (Å²) in [5, 5.41) is 10.9. The van der Waals surface area contributed by atoms with E-state index in [1.165, 1.54) is 6.07 Å². The first kappa shape index (κ1) is 14.9. The van der Waals surface area contributed by atoms with E-state index >= 15 is 0 Å². The van der Waals surface area contributed by atoms with Crippen LogP contribution in [0.15, 0.2) is 18.2 Å². The lowest BCUT2D eigenvalue weighted by Gasteiger charge is -2.20. The monoisotopic (exact) mass is 267 g/mol. The Bertz CT molecular complexity index is 477. The molecular weight excluding hydrogens is 250 g/mol. The molecular formula is C11H17N5O3. The Morgan fingerprint density at radius 2 is 2.21 bits per heavy atom.